The van der Waals surface area contributed by atoms with Crippen molar-refractivity contribution in [1.82, 2.24) is 25.1 Å². The van der Waals surface area contributed by atoms with Gasteiger partial charge in [-0.15, -0.1) is 0 Å². The van der Waals surface area contributed by atoms with E-state index in [0.717, 1.165) is 27.9 Å². The fourth-order valence-corrected chi connectivity index (χ4v) is 5.31. The van der Waals surface area contributed by atoms with Gasteiger partial charge in [0, 0.05) is 60.7 Å². The normalized spacial score (nSPS) is 18.7. The van der Waals surface area contributed by atoms with Crippen LogP contribution in [-0.4, -0.2) is 76.2 Å². The number of hydrogen-bond acceptors (Lipinski definition) is 5. The van der Waals surface area contributed by atoms with E-state index < -0.39 is 11.5 Å². The molecule has 0 aliphatic carbocycles. The highest BCUT2D eigenvalue weighted by atomic mass is 16.5. The minimum Gasteiger partial charge on any atom is -0.497 e. The monoisotopic (exact) mass is 463 g/mol. The summed E-state index contributed by atoms with van der Waals surface area (Å²) < 4.78 is 5.40. The second kappa shape index (κ2) is 8.32. The van der Waals surface area contributed by atoms with Gasteiger partial charge >= 0.3 is 6.03 Å². The second-order valence-corrected chi connectivity index (χ2v) is 9.44. The first-order chi connectivity index (χ1) is 16.4. The molecule has 2 aliphatic rings. The predicted octanol–water partition coefficient (Wildman–Crippen LogP) is 2.43. The summed E-state index contributed by atoms with van der Waals surface area (Å²) in [6.07, 6.45) is 3.21. The summed E-state index contributed by atoms with van der Waals surface area (Å²) in [6, 6.07) is 8.57. The van der Waals surface area contributed by atoms with E-state index >= 15 is 0 Å². The molecule has 2 aromatic heterocycles. The van der Waals surface area contributed by atoms with Crippen molar-refractivity contribution in [1.29, 1.82) is 0 Å². The fourth-order valence-electron chi connectivity index (χ4n) is 5.31. The molecule has 0 saturated carbocycles. The van der Waals surface area contributed by atoms with Crippen LogP contribution in [0.1, 0.15) is 41.5 Å². The van der Waals surface area contributed by atoms with Gasteiger partial charge in [-0.05, 0) is 43.7 Å². The van der Waals surface area contributed by atoms with Crippen molar-refractivity contribution in [2.75, 3.05) is 33.4 Å². The van der Waals surface area contributed by atoms with E-state index in [4.69, 9.17) is 4.74 Å². The first-order valence-electron chi connectivity index (χ1n) is 11.4. The number of nitrogens with one attached hydrogen (secondary N) is 2. The van der Waals surface area contributed by atoms with E-state index in [-0.39, 0.29) is 24.6 Å². The number of urea groups is 1. The van der Waals surface area contributed by atoms with Crippen LogP contribution in [0, 0.1) is 0 Å². The number of H-pyrrole nitrogens is 1. The summed E-state index contributed by atoms with van der Waals surface area (Å²) >= 11 is 0. The first-order valence-corrected chi connectivity index (χ1v) is 11.4. The Bertz CT molecular complexity index is 1230. The van der Waals surface area contributed by atoms with Gasteiger partial charge in [0.15, 0.2) is 0 Å². The highest BCUT2D eigenvalue weighted by molar-refractivity contribution is 5.96. The molecule has 0 radical (unpaired) electrons. The van der Waals surface area contributed by atoms with E-state index in [9.17, 15) is 14.7 Å². The molecule has 1 fully saturated rings. The van der Waals surface area contributed by atoms with Gasteiger partial charge in [-0.2, -0.15) is 0 Å². The topological polar surface area (TPSA) is 111 Å². The lowest BCUT2D eigenvalue weighted by atomic mass is 9.68. The molecule has 3 aromatic rings. The molecule has 9 heteroatoms. The van der Waals surface area contributed by atoms with Crippen LogP contribution >= 0.6 is 0 Å². The quantitative estimate of drug-likeness (QED) is 0.550. The Morgan fingerprint density at radius 2 is 2.09 bits per heavy atom. The first kappa shape index (κ1) is 22.2. The number of amides is 3. The molecule has 4 heterocycles. The van der Waals surface area contributed by atoms with Gasteiger partial charge in [0.25, 0.3) is 5.91 Å². The maximum Gasteiger partial charge on any atom is 0.318 e. The Hall–Kier alpha value is -3.59. The molecule has 0 bridgehead atoms. The number of fused-ring (bicyclic) bond motifs is 4. The molecule has 2 aliphatic heterocycles. The molecular weight excluding hydrogens is 434 g/mol. The highest BCUT2D eigenvalue weighted by Crippen LogP contribution is 2.48. The average molecular weight is 464 g/mol. The van der Waals surface area contributed by atoms with E-state index in [0.29, 0.717) is 25.2 Å². The predicted molar refractivity (Wildman–Crippen MR) is 127 cm³/mol. The van der Waals surface area contributed by atoms with Gasteiger partial charge in [-0.1, -0.05) is 0 Å². The number of aliphatic hydroxyl groups is 1. The third-order valence-corrected chi connectivity index (χ3v) is 6.78. The zero-order valence-corrected chi connectivity index (χ0v) is 19.5. The van der Waals surface area contributed by atoms with Gasteiger partial charge in [0.05, 0.1) is 30.7 Å². The van der Waals surface area contributed by atoms with Gasteiger partial charge in [-0.25, -0.2) is 4.79 Å². The zero-order chi connectivity index (χ0) is 24.0. The molecule has 3 N–H and O–H groups in total. The zero-order valence-electron chi connectivity index (χ0n) is 19.5. The number of benzene rings is 1. The molecule has 1 aromatic carbocycles. The average Bonchev–Trinajstić information content (AvgIpc) is 3.20. The Morgan fingerprint density at radius 1 is 1.29 bits per heavy atom. The van der Waals surface area contributed by atoms with Crippen LogP contribution < -0.4 is 10.1 Å². The van der Waals surface area contributed by atoms with Gasteiger partial charge in [-0.3, -0.25) is 9.78 Å². The van der Waals surface area contributed by atoms with Crippen LogP contribution in [0.2, 0.25) is 0 Å². The number of nitrogens with zero attached hydrogens (tertiary/aromatic N) is 3. The van der Waals surface area contributed by atoms with Crippen molar-refractivity contribution in [2.45, 2.75) is 31.3 Å². The minimum absolute atomic E-state index is 0.0405. The number of likely N-dealkylation sites (tertiary alicyclic amines) is 1. The molecule has 1 atom stereocenters. The Morgan fingerprint density at radius 3 is 2.74 bits per heavy atom. The van der Waals surface area contributed by atoms with Gasteiger partial charge < -0.3 is 29.9 Å². The van der Waals surface area contributed by atoms with E-state index in [2.05, 4.69) is 15.3 Å². The molecule has 5 rings (SSSR count). The lowest BCUT2D eigenvalue weighted by molar-refractivity contribution is 0.0119. The number of ether oxygens (including phenoxy) is 1. The lowest BCUT2D eigenvalue weighted by Crippen LogP contribution is -2.68. The highest BCUT2D eigenvalue weighted by Gasteiger charge is 2.55. The van der Waals surface area contributed by atoms with Crippen LogP contribution in [0.25, 0.3) is 10.9 Å². The maximum atomic E-state index is 13.1. The van der Waals surface area contributed by atoms with Crippen molar-refractivity contribution in [3.05, 3.63) is 59.5 Å². The van der Waals surface area contributed by atoms with Crippen LogP contribution in [0.3, 0.4) is 0 Å². The number of rotatable bonds is 4. The third-order valence-electron chi connectivity index (χ3n) is 6.78. The van der Waals surface area contributed by atoms with Crippen LogP contribution in [0.15, 0.2) is 42.7 Å². The van der Waals surface area contributed by atoms with Crippen molar-refractivity contribution >= 4 is 22.8 Å². The van der Waals surface area contributed by atoms with Crippen LogP contribution in [0.5, 0.6) is 5.75 Å². The molecular formula is C25H29N5O4. The number of aromatic amines is 1. The Balaban J connectivity index is 1.57. The number of hydrogen-bond donors (Lipinski definition) is 3. The number of aliphatic hydroxyl groups excluding tert-OH is 1. The van der Waals surface area contributed by atoms with Crippen molar-refractivity contribution in [3.8, 4) is 5.75 Å². The number of aromatic nitrogens is 2. The van der Waals surface area contributed by atoms with Gasteiger partial charge in [0.1, 0.15) is 5.75 Å². The Labute approximate surface area is 197 Å². The van der Waals surface area contributed by atoms with Crippen molar-refractivity contribution < 1.29 is 19.4 Å². The molecule has 1 spiro atoms. The maximum absolute atomic E-state index is 13.1. The number of pyridine rings is 1. The smallest absolute Gasteiger partial charge is 0.318 e. The van der Waals surface area contributed by atoms with E-state index in [1.54, 1.807) is 41.4 Å². The molecule has 9 nitrogen and oxygen atoms in total. The number of methoxy groups -OCH3 is 1. The molecule has 0 unspecified atom stereocenters. The van der Waals surface area contributed by atoms with Crippen molar-refractivity contribution in [3.63, 3.8) is 0 Å². The fraction of sp³-hybridized carbons (Fsp3) is 0.400. The van der Waals surface area contributed by atoms with E-state index in [1.165, 1.54) is 0 Å². The standard InChI is InChI=1S/C25H29N5O4/c1-15(2)27-24(33)30-14-25(12-29(13-25)23(32)16-5-4-8-26-10-16)21-18-7-6-17(34-3)9-19(18)28-22(21)20(30)11-31/h4-10,15,20,28,31H,11-14H2,1-3H3,(H,27,33)/t20-/m1/s1. The van der Waals surface area contributed by atoms with Gasteiger partial charge in [0.2, 0.25) is 0 Å². The van der Waals surface area contributed by atoms with Crippen LogP contribution in [-0.2, 0) is 5.41 Å². The summed E-state index contributed by atoms with van der Waals surface area (Å²) in [5, 5.41) is 14.3. The Kier molecular flexibility index (Phi) is 5.44. The molecule has 34 heavy (non-hydrogen) atoms. The van der Waals surface area contributed by atoms with Crippen LogP contribution in [0.4, 0.5) is 4.79 Å². The minimum atomic E-state index is -0.513. The summed E-state index contributed by atoms with van der Waals surface area (Å²) in [5.41, 5.74) is 2.85. The molecule has 178 valence electrons. The second-order valence-electron chi connectivity index (χ2n) is 9.44. The van der Waals surface area contributed by atoms with Crippen molar-refractivity contribution in [2.24, 2.45) is 0 Å². The van der Waals surface area contributed by atoms with E-state index in [1.807, 2.05) is 32.0 Å². The molecule has 1 saturated heterocycles. The largest absolute Gasteiger partial charge is 0.497 e. The summed E-state index contributed by atoms with van der Waals surface area (Å²) in [4.78, 5) is 37.2. The summed E-state index contributed by atoms with van der Waals surface area (Å²) in [6.45, 7) is 4.94. The SMILES string of the molecule is COc1ccc2c3c([nH]c2c1)[C@@H](CO)N(C(=O)NC(C)C)CC31CN(C(=O)c2cccnc2)C1. The summed E-state index contributed by atoms with van der Waals surface area (Å²) in [5.74, 6) is 0.640. The third kappa shape index (κ3) is 3.47. The summed E-state index contributed by atoms with van der Waals surface area (Å²) in [7, 11) is 1.62. The number of carbonyl (C=O) groups excluding carboxylic acids is 2. The molecule has 3 amide bonds. The lowest BCUT2D eigenvalue weighted by Gasteiger charge is -2.56. The number of carbonyl (C=O) groups is 2.